The maximum atomic E-state index is 12.4. The second-order valence-electron chi connectivity index (χ2n) is 6.41. The van der Waals surface area contributed by atoms with Crippen LogP contribution < -0.4 is 10.1 Å². The van der Waals surface area contributed by atoms with Gasteiger partial charge in [0.1, 0.15) is 10.6 Å². The van der Waals surface area contributed by atoms with E-state index < -0.39 is 25.1 Å². The second-order valence-corrected chi connectivity index (χ2v) is 7.54. The van der Waals surface area contributed by atoms with Crippen molar-refractivity contribution in [1.82, 2.24) is 0 Å². The molecule has 1 amide bonds. The van der Waals surface area contributed by atoms with Crippen LogP contribution in [-0.4, -0.2) is 25.1 Å². The number of amides is 1. The van der Waals surface area contributed by atoms with Gasteiger partial charge in [0.05, 0.1) is 5.69 Å². The molecule has 0 bridgehead atoms. The SMILES string of the molecule is C[C@@H]1CCc2sc(C(=O)OCC(=O)Nc3ccccc3OC(F)F)cc2C1. The molecular weight excluding hydrogens is 376 g/mol. The van der Waals surface area contributed by atoms with Gasteiger partial charge >= 0.3 is 12.6 Å². The van der Waals surface area contributed by atoms with Crippen LogP contribution in [0.25, 0.3) is 0 Å². The molecule has 0 radical (unpaired) electrons. The van der Waals surface area contributed by atoms with Gasteiger partial charge in [0.15, 0.2) is 6.61 Å². The second kappa shape index (κ2) is 8.47. The first-order valence-electron chi connectivity index (χ1n) is 8.54. The van der Waals surface area contributed by atoms with Gasteiger partial charge in [-0.2, -0.15) is 8.78 Å². The quantitative estimate of drug-likeness (QED) is 0.742. The minimum Gasteiger partial charge on any atom is -0.451 e. The highest BCUT2D eigenvalue weighted by atomic mass is 32.1. The number of carbonyl (C=O) groups excluding carboxylic acids is 2. The molecule has 1 aliphatic carbocycles. The Bertz CT molecular complexity index is 837. The van der Waals surface area contributed by atoms with Crippen molar-refractivity contribution in [2.24, 2.45) is 5.92 Å². The van der Waals surface area contributed by atoms with Crippen molar-refractivity contribution < 1.29 is 27.8 Å². The fourth-order valence-electron chi connectivity index (χ4n) is 2.96. The van der Waals surface area contributed by atoms with Gasteiger partial charge in [0.25, 0.3) is 5.91 Å². The maximum Gasteiger partial charge on any atom is 0.387 e. The molecule has 1 atom stereocenters. The Kier molecular flexibility index (Phi) is 6.05. The summed E-state index contributed by atoms with van der Waals surface area (Å²) in [6.45, 7) is -1.34. The number of anilines is 1. The van der Waals surface area contributed by atoms with Crippen LogP contribution in [0.3, 0.4) is 0 Å². The Labute approximate surface area is 159 Å². The highest BCUT2D eigenvalue weighted by molar-refractivity contribution is 7.14. The maximum absolute atomic E-state index is 12.4. The van der Waals surface area contributed by atoms with Crippen LogP contribution in [0.4, 0.5) is 14.5 Å². The molecule has 5 nitrogen and oxygen atoms in total. The van der Waals surface area contributed by atoms with Crippen LogP contribution in [0.5, 0.6) is 5.75 Å². The molecule has 0 saturated carbocycles. The number of halogens is 2. The Balaban J connectivity index is 1.56. The van der Waals surface area contributed by atoms with E-state index in [0.717, 1.165) is 19.3 Å². The number of thiophene rings is 1. The van der Waals surface area contributed by atoms with E-state index in [9.17, 15) is 18.4 Å². The third-order valence-corrected chi connectivity index (χ3v) is 5.46. The van der Waals surface area contributed by atoms with Crippen LogP contribution in [0.15, 0.2) is 30.3 Å². The lowest BCUT2D eigenvalue weighted by atomic mass is 9.90. The van der Waals surface area contributed by atoms with E-state index in [1.165, 1.54) is 40.0 Å². The minimum atomic E-state index is -3.01. The number of aryl methyl sites for hydroxylation is 1. The van der Waals surface area contributed by atoms with Crippen molar-refractivity contribution in [3.63, 3.8) is 0 Å². The average molecular weight is 395 g/mol. The Morgan fingerprint density at radius 2 is 2.11 bits per heavy atom. The number of hydrogen-bond donors (Lipinski definition) is 1. The zero-order valence-corrected chi connectivity index (χ0v) is 15.5. The average Bonchev–Trinajstić information content (AvgIpc) is 3.04. The number of benzene rings is 1. The van der Waals surface area contributed by atoms with Crippen LogP contribution in [0.2, 0.25) is 0 Å². The van der Waals surface area contributed by atoms with Gasteiger partial charge in [-0.05, 0) is 48.9 Å². The zero-order valence-electron chi connectivity index (χ0n) is 14.7. The molecule has 27 heavy (non-hydrogen) atoms. The smallest absolute Gasteiger partial charge is 0.387 e. The van der Waals surface area contributed by atoms with Crippen molar-refractivity contribution in [2.75, 3.05) is 11.9 Å². The molecule has 1 N–H and O–H groups in total. The molecule has 1 aliphatic rings. The number of nitrogens with one attached hydrogen (secondary N) is 1. The van der Waals surface area contributed by atoms with Crippen molar-refractivity contribution in [3.8, 4) is 5.75 Å². The lowest BCUT2D eigenvalue weighted by Crippen LogP contribution is -2.21. The fourth-order valence-corrected chi connectivity index (χ4v) is 4.07. The van der Waals surface area contributed by atoms with Gasteiger partial charge < -0.3 is 14.8 Å². The highest BCUT2D eigenvalue weighted by Gasteiger charge is 2.22. The van der Waals surface area contributed by atoms with E-state index in [0.29, 0.717) is 10.8 Å². The summed E-state index contributed by atoms with van der Waals surface area (Å²) in [4.78, 5) is 25.9. The van der Waals surface area contributed by atoms with E-state index in [4.69, 9.17) is 4.74 Å². The van der Waals surface area contributed by atoms with Crippen LogP contribution in [0.1, 0.15) is 33.5 Å². The topological polar surface area (TPSA) is 64.6 Å². The number of rotatable bonds is 6. The Morgan fingerprint density at radius 1 is 1.33 bits per heavy atom. The third kappa shape index (κ3) is 5.03. The van der Waals surface area contributed by atoms with Gasteiger partial charge in [-0.25, -0.2) is 4.79 Å². The van der Waals surface area contributed by atoms with Gasteiger partial charge in [0.2, 0.25) is 0 Å². The van der Waals surface area contributed by atoms with Crippen LogP contribution >= 0.6 is 11.3 Å². The molecule has 1 aromatic heterocycles. The summed E-state index contributed by atoms with van der Waals surface area (Å²) in [7, 11) is 0. The first-order valence-corrected chi connectivity index (χ1v) is 9.36. The highest BCUT2D eigenvalue weighted by Crippen LogP contribution is 2.32. The normalized spacial score (nSPS) is 15.9. The molecule has 3 rings (SSSR count). The molecule has 144 valence electrons. The summed E-state index contributed by atoms with van der Waals surface area (Å²) >= 11 is 1.40. The predicted octanol–water partition coefficient (Wildman–Crippen LogP) is 4.27. The number of hydrogen-bond acceptors (Lipinski definition) is 5. The number of fused-ring (bicyclic) bond motifs is 1. The summed E-state index contributed by atoms with van der Waals surface area (Å²) in [6, 6.07) is 7.64. The summed E-state index contributed by atoms with van der Waals surface area (Å²) in [6.07, 6.45) is 3.00. The van der Waals surface area contributed by atoms with Gasteiger partial charge in [-0.15, -0.1) is 11.3 Å². The van der Waals surface area contributed by atoms with Crippen molar-refractivity contribution >= 4 is 28.9 Å². The largest absolute Gasteiger partial charge is 0.451 e. The number of ether oxygens (including phenoxy) is 2. The molecule has 8 heteroatoms. The minimum absolute atomic E-state index is 0.0828. The first-order chi connectivity index (χ1) is 12.9. The molecule has 0 fully saturated rings. The van der Waals surface area contributed by atoms with E-state index in [2.05, 4.69) is 17.0 Å². The van der Waals surface area contributed by atoms with Gasteiger partial charge in [-0.1, -0.05) is 19.1 Å². The molecule has 1 aromatic carbocycles. The lowest BCUT2D eigenvalue weighted by molar-refractivity contribution is -0.119. The number of carbonyl (C=O) groups is 2. The molecular formula is C19H19F2NO4S. The molecule has 0 aliphatic heterocycles. The van der Waals surface area contributed by atoms with E-state index in [-0.39, 0.29) is 11.4 Å². The standard InChI is InChI=1S/C19H19F2NO4S/c1-11-6-7-15-12(8-11)9-16(27-15)18(24)25-10-17(23)22-13-4-2-3-5-14(13)26-19(20)21/h2-5,9,11,19H,6-8,10H2,1H3,(H,22,23)/t11-/m1/s1. The van der Waals surface area contributed by atoms with Crippen molar-refractivity contribution in [3.05, 3.63) is 45.6 Å². The third-order valence-electron chi connectivity index (χ3n) is 4.24. The van der Waals surface area contributed by atoms with E-state index in [1.807, 2.05) is 6.07 Å². The van der Waals surface area contributed by atoms with Crippen molar-refractivity contribution in [1.29, 1.82) is 0 Å². The van der Waals surface area contributed by atoms with E-state index >= 15 is 0 Å². The van der Waals surface area contributed by atoms with E-state index in [1.54, 1.807) is 6.07 Å². The zero-order chi connectivity index (χ0) is 19.4. The Hall–Kier alpha value is -2.48. The Morgan fingerprint density at radius 3 is 2.89 bits per heavy atom. The monoisotopic (exact) mass is 395 g/mol. The molecule has 1 heterocycles. The molecule has 2 aromatic rings. The summed E-state index contributed by atoms with van der Waals surface area (Å²) in [5, 5.41) is 2.41. The first kappa shape index (κ1) is 19.3. The van der Waals surface area contributed by atoms with Gasteiger partial charge in [0, 0.05) is 4.88 Å². The molecule has 0 saturated heterocycles. The van der Waals surface area contributed by atoms with Gasteiger partial charge in [-0.3, -0.25) is 4.79 Å². The summed E-state index contributed by atoms with van der Waals surface area (Å²) in [5.41, 5.74) is 1.26. The predicted molar refractivity (Wildman–Crippen MR) is 97.5 cm³/mol. The molecule has 0 spiro atoms. The lowest BCUT2D eigenvalue weighted by Gasteiger charge is -2.16. The summed E-state index contributed by atoms with van der Waals surface area (Å²) < 4.78 is 34.2. The number of para-hydroxylation sites is 2. The van der Waals surface area contributed by atoms with Crippen LogP contribution in [0, 0.1) is 5.92 Å². The van der Waals surface area contributed by atoms with Crippen molar-refractivity contribution in [2.45, 2.75) is 32.8 Å². The fraction of sp³-hybridized carbons (Fsp3) is 0.368. The number of esters is 1. The van der Waals surface area contributed by atoms with Crippen LogP contribution in [-0.2, 0) is 22.4 Å². The molecule has 0 unspecified atom stereocenters. The summed E-state index contributed by atoms with van der Waals surface area (Å²) in [5.74, 6) is -0.762. The number of alkyl halides is 2.